The minimum Gasteiger partial charge on any atom is -0.318 e. The molecule has 1 heterocycles. The number of hydrogen-bond donors (Lipinski definition) is 1. The summed E-state index contributed by atoms with van der Waals surface area (Å²) in [7, 11) is 0. The van der Waals surface area contributed by atoms with Gasteiger partial charge < -0.3 is 5.32 Å². The van der Waals surface area contributed by atoms with E-state index in [2.05, 4.69) is 10.4 Å². The maximum Gasteiger partial charge on any atom is 0.315 e. The van der Waals surface area contributed by atoms with Gasteiger partial charge in [-0.05, 0) is 24.5 Å². The zero-order chi connectivity index (χ0) is 15.6. The van der Waals surface area contributed by atoms with Crippen LogP contribution < -0.4 is 5.32 Å². The van der Waals surface area contributed by atoms with E-state index in [4.69, 9.17) is 0 Å². The van der Waals surface area contributed by atoms with Crippen LogP contribution in [0.15, 0.2) is 30.5 Å². The first-order valence-corrected chi connectivity index (χ1v) is 6.64. The Morgan fingerprint density at radius 2 is 1.95 bits per heavy atom. The lowest BCUT2D eigenvalue weighted by molar-refractivity contribution is -0.126. The van der Waals surface area contributed by atoms with E-state index in [0.29, 0.717) is 11.4 Å². The second-order valence-corrected chi connectivity index (χ2v) is 5.09. The van der Waals surface area contributed by atoms with Crippen molar-refractivity contribution in [2.45, 2.75) is 33.1 Å². The topological polar surface area (TPSA) is 46.9 Å². The van der Waals surface area contributed by atoms with Gasteiger partial charge >= 0.3 is 6.43 Å². The number of hydrogen-bond acceptors (Lipinski definition) is 2. The minimum atomic E-state index is -3.05. The summed E-state index contributed by atoms with van der Waals surface area (Å²) in [5.41, 5.74) is 2.88. The Balaban J connectivity index is 2.47. The quantitative estimate of drug-likeness (QED) is 0.937. The van der Waals surface area contributed by atoms with Gasteiger partial charge in [0.05, 0.1) is 23.3 Å². The molecule has 0 aliphatic heterocycles. The van der Waals surface area contributed by atoms with Crippen LogP contribution in [0.5, 0.6) is 0 Å². The Morgan fingerprint density at radius 1 is 1.29 bits per heavy atom. The molecule has 1 amide bonds. The number of para-hydroxylation sites is 1. The molecule has 0 fully saturated rings. The van der Waals surface area contributed by atoms with Gasteiger partial charge in [0, 0.05) is 0 Å². The van der Waals surface area contributed by atoms with Gasteiger partial charge in [0.1, 0.15) is 0 Å². The smallest absolute Gasteiger partial charge is 0.315 e. The molecule has 0 radical (unpaired) electrons. The summed E-state index contributed by atoms with van der Waals surface area (Å²) in [5, 5.41) is 6.47. The van der Waals surface area contributed by atoms with Crippen LogP contribution >= 0.6 is 0 Å². The minimum absolute atomic E-state index is 0.0140. The summed E-state index contributed by atoms with van der Waals surface area (Å²) < 4.78 is 26.5. The van der Waals surface area contributed by atoms with Crippen LogP contribution in [0.4, 0.5) is 14.5 Å². The lowest BCUT2D eigenvalue weighted by atomic mass is 10.1. The van der Waals surface area contributed by atoms with E-state index in [9.17, 15) is 13.6 Å². The Morgan fingerprint density at radius 3 is 2.52 bits per heavy atom. The van der Waals surface area contributed by atoms with Crippen molar-refractivity contribution < 1.29 is 13.6 Å². The fourth-order valence-electron chi connectivity index (χ4n) is 2.19. The van der Waals surface area contributed by atoms with E-state index in [0.717, 1.165) is 11.3 Å². The predicted molar refractivity (Wildman–Crippen MR) is 77.0 cm³/mol. The number of carbonyl (C=O) groups is 1. The molecule has 21 heavy (non-hydrogen) atoms. The van der Waals surface area contributed by atoms with Crippen LogP contribution in [-0.4, -0.2) is 22.1 Å². The summed E-state index contributed by atoms with van der Waals surface area (Å²) in [4.78, 5) is 11.2. The van der Waals surface area contributed by atoms with Gasteiger partial charge in [0.2, 0.25) is 0 Å². The van der Waals surface area contributed by atoms with E-state index in [1.807, 2.05) is 45.0 Å². The Kier molecular flexibility index (Phi) is 4.35. The first-order chi connectivity index (χ1) is 9.91. The lowest BCUT2D eigenvalue weighted by Gasteiger charge is -2.14. The van der Waals surface area contributed by atoms with Gasteiger partial charge in [-0.15, -0.1) is 0 Å². The number of aryl methyl sites for hydroxylation is 1. The van der Waals surface area contributed by atoms with Crippen LogP contribution in [0.2, 0.25) is 0 Å². The summed E-state index contributed by atoms with van der Waals surface area (Å²) in [6.07, 6.45) is -1.64. The molecule has 2 rings (SSSR count). The van der Waals surface area contributed by atoms with Crippen molar-refractivity contribution in [2.75, 3.05) is 5.32 Å². The molecule has 0 unspecified atom stereocenters. The molecule has 112 valence electrons. The number of rotatable bonds is 4. The molecule has 1 aromatic carbocycles. The van der Waals surface area contributed by atoms with Gasteiger partial charge in [-0.3, -0.25) is 4.79 Å². The fourth-order valence-corrected chi connectivity index (χ4v) is 2.19. The number of nitrogens with zero attached hydrogens (tertiary/aromatic N) is 2. The van der Waals surface area contributed by atoms with Crippen LogP contribution in [0.3, 0.4) is 0 Å². The summed E-state index contributed by atoms with van der Waals surface area (Å²) in [6.45, 7) is 5.78. The third-order valence-corrected chi connectivity index (χ3v) is 3.15. The number of benzene rings is 1. The Hall–Kier alpha value is -2.24. The maximum absolute atomic E-state index is 12.4. The highest BCUT2D eigenvalue weighted by Crippen LogP contribution is 2.28. The van der Waals surface area contributed by atoms with E-state index in [1.54, 1.807) is 4.68 Å². The lowest BCUT2D eigenvalue weighted by Crippen LogP contribution is -2.21. The molecule has 2 aromatic rings. The molecule has 0 aliphatic rings. The number of amides is 1. The average molecular weight is 293 g/mol. The first-order valence-electron chi connectivity index (χ1n) is 6.64. The van der Waals surface area contributed by atoms with Gasteiger partial charge in [0.15, 0.2) is 0 Å². The molecular weight excluding hydrogens is 276 g/mol. The number of anilines is 1. The first kappa shape index (κ1) is 15.2. The van der Waals surface area contributed by atoms with Gasteiger partial charge in [-0.2, -0.15) is 13.9 Å². The molecule has 4 nitrogen and oxygen atoms in total. The summed E-state index contributed by atoms with van der Waals surface area (Å²) in [6, 6.07) is 7.63. The van der Waals surface area contributed by atoms with E-state index >= 15 is 0 Å². The molecule has 1 N–H and O–H groups in total. The number of halogens is 2. The van der Waals surface area contributed by atoms with Crippen molar-refractivity contribution in [3.63, 3.8) is 0 Å². The molecule has 0 saturated heterocycles. The molecule has 1 aromatic heterocycles. The summed E-state index contributed by atoms with van der Waals surface area (Å²) in [5.74, 6) is -1.30. The highest BCUT2D eigenvalue weighted by atomic mass is 19.3. The van der Waals surface area contributed by atoms with E-state index < -0.39 is 12.3 Å². The van der Waals surface area contributed by atoms with E-state index in [-0.39, 0.29) is 5.92 Å². The zero-order valence-electron chi connectivity index (χ0n) is 12.1. The normalized spacial score (nSPS) is 11.2. The van der Waals surface area contributed by atoms with Crippen molar-refractivity contribution >= 4 is 11.6 Å². The zero-order valence-corrected chi connectivity index (χ0v) is 12.1. The number of aromatic nitrogens is 2. The van der Waals surface area contributed by atoms with Crippen molar-refractivity contribution in [3.05, 3.63) is 41.7 Å². The van der Waals surface area contributed by atoms with Crippen LogP contribution in [0.1, 0.15) is 31.0 Å². The molecular formula is C15H17F2N3O. The van der Waals surface area contributed by atoms with Crippen molar-refractivity contribution in [3.8, 4) is 5.69 Å². The van der Waals surface area contributed by atoms with Gasteiger partial charge in [-0.25, -0.2) is 4.68 Å². The summed E-state index contributed by atoms with van der Waals surface area (Å²) >= 11 is 0. The number of alkyl halides is 2. The third-order valence-electron chi connectivity index (χ3n) is 3.15. The van der Waals surface area contributed by atoms with Gasteiger partial charge in [0.25, 0.3) is 5.91 Å². The van der Waals surface area contributed by atoms with Gasteiger partial charge in [-0.1, -0.05) is 32.0 Å². The molecule has 0 spiro atoms. The second kappa shape index (κ2) is 6.03. The fraction of sp³-hybridized carbons (Fsp3) is 0.333. The number of nitrogens with one attached hydrogen (secondary N) is 1. The molecule has 0 bridgehead atoms. The highest BCUT2D eigenvalue weighted by Gasteiger charge is 2.21. The van der Waals surface area contributed by atoms with Crippen molar-refractivity contribution in [1.29, 1.82) is 0 Å². The predicted octanol–water partition coefficient (Wildman–Crippen LogP) is 3.51. The maximum atomic E-state index is 12.4. The molecule has 0 saturated carbocycles. The van der Waals surface area contributed by atoms with Crippen molar-refractivity contribution in [1.82, 2.24) is 9.78 Å². The average Bonchev–Trinajstić information content (AvgIpc) is 2.82. The Bertz CT molecular complexity index is 650. The van der Waals surface area contributed by atoms with Crippen LogP contribution in [-0.2, 0) is 4.79 Å². The molecule has 6 heteroatoms. The van der Waals surface area contributed by atoms with Crippen LogP contribution in [0, 0.1) is 6.92 Å². The Labute approximate surface area is 121 Å². The standard InChI is InChI=1S/C15H17F2N3O/c1-9(2)13-11(19-15(21)14(16)17)8-18-20(13)12-7-5-4-6-10(12)3/h4-9,14H,1-3H3,(H,19,21). The molecule has 0 atom stereocenters. The number of carbonyl (C=O) groups excluding carboxylic acids is 1. The molecule has 0 aliphatic carbocycles. The monoisotopic (exact) mass is 293 g/mol. The third kappa shape index (κ3) is 3.09. The van der Waals surface area contributed by atoms with Crippen molar-refractivity contribution in [2.24, 2.45) is 0 Å². The van der Waals surface area contributed by atoms with E-state index in [1.165, 1.54) is 6.20 Å². The highest BCUT2D eigenvalue weighted by molar-refractivity contribution is 5.93. The van der Waals surface area contributed by atoms with Crippen LogP contribution in [0.25, 0.3) is 5.69 Å². The SMILES string of the molecule is Cc1ccccc1-n1ncc(NC(=O)C(F)F)c1C(C)C. The second-order valence-electron chi connectivity index (χ2n) is 5.09. The largest absolute Gasteiger partial charge is 0.318 e.